The van der Waals surface area contributed by atoms with E-state index in [1.807, 2.05) is 17.8 Å². The molecule has 2 unspecified atom stereocenters. The molecule has 2 aliphatic carbocycles. The van der Waals surface area contributed by atoms with E-state index in [0.29, 0.717) is 6.42 Å². The maximum absolute atomic E-state index is 11.7. The van der Waals surface area contributed by atoms with Crippen LogP contribution >= 0.6 is 0 Å². The second-order valence-electron chi connectivity index (χ2n) is 9.00. The Morgan fingerprint density at radius 1 is 1.00 bits per heavy atom. The smallest absolute Gasteiger partial charge is 0.219 e. The Hall–Kier alpha value is -3.15. The molecule has 3 aromatic rings. The first-order chi connectivity index (χ1) is 15.7. The van der Waals surface area contributed by atoms with E-state index in [2.05, 4.69) is 64.2 Å². The van der Waals surface area contributed by atoms with Gasteiger partial charge in [-0.05, 0) is 61.3 Å². The fourth-order valence-electron chi connectivity index (χ4n) is 4.44. The number of benzene rings is 2. The third kappa shape index (κ3) is 4.69. The quantitative estimate of drug-likeness (QED) is 0.545. The maximum atomic E-state index is 11.7. The lowest BCUT2D eigenvalue weighted by Gasteiger charge is -2.15. The molecule has 2 aliphatic rings. The van der Waals surface area contributed by atoms with Crippen LogP contribution in [0.15, 0.2) is 54.7 Å². The second kappa shape index (κ2) is 9.15. The summed E-state index contributed by atoms with van der Waals surface area (Å²) in [5.74, 6) is 1.82. The van der Waals surface area contributed by atoms with E-state index in [9.17, 15) is 4.79 Å². The van der Waals surface area contributed by atoms with Crippen molar-refractivity contribution in [3.63, 3.8) is 0 Å². The van der Waals surface area contributed by atoms with Gasteiger partial charge >= 0.3 is 0 Å². The average molecular weight is 431 g/mol. The van der Waals surface area contributed by atoms with Crippen molar-refractivity contribution in [2.75, 3.05) is 6.61 Å². The highest BCUT2D eigenvalue weighted by Crippen LogP contribution is 2.34. The number of carbonyl (C=O) groups is 1. The van der Waals surface area contributed by atoms with Gasteiger partial charge in [-0.25, -0.2) is 4.68 Å². The Kier molecular flexibility index (Phi) is 5.93. The van der Waals surface area contributed by atoms with E-state index in [0.717, 1.165) is 48.8 Å². The molecule has 6 heteroatoms. The van der Waals surface area contributed by atoms with E-state index in [1.54, 1.807) is 0 Å². The van der Waals surface area contributed by atoms with Crippen LogP contribution in [0.25, 0.3) is 22.4 Å². The zero-order valence-electron chi connectivity index (χ0n) is 18.5. The van der Waals surface area contributed by atoms with Gasteiger partial charge in [0.25, 0.3) is 0 Å². The molecule has 32 heavy (non-hydrogen) atoms. The molecule has 0 radical (unpaired) electrons. The van der Waals surface area contributed by atoms with Gasteiger partial charge in [0.15, 0.2) is 0 Å². The average Bonchev–Trinajstić information content (AvgIpc) is 3.33. The molecule has 166 valence electrons. The van der Waals surface area contributed by atoms with Crippen molar-refractivity contribution in [3.05, 3.63) is 54.7 Å². The van der Waals surface area contributed by atoms with Crippen molar-refractivity contribution in [3.8, 4) is 28.1 Å². The fraction of sp³-hybridized carbons (Fsp3) is 0.423. The summed E-state index contributed by atoms with van der Waals surface area (Å²) in [4.78, 5) is 11.7. The SMILES string of the molecule is CCC(=O)NC1CCC(n2nncc2-c2ccc(-c3ccc(OCC4CC4)cc3)cc2)C1. The molecule has 1 heterocycles. The zero-order valence-corrected chi connectivity index (χ0v) is 18.5. The number of hydrogen-bond acceptors (Lipinski definition) is 4. The first kappa shape index (κ1) is 20.7. The summed E-state index contributed by atoms with van der Waals surface area (Å²) in [6.45, 7) is 2.72. The predicted molar refractivity (Wildman–Crippen MR) is 124 cm³/mol. The van der Waals surface area contributed by atoms with Gasteiger partial charge in [-0.1, -0.05) is 48.5 Å². The van der Waals surface area contributed by atoms with Crippen LogP contribution in [0.4, 0.5) is 0 Å². The van der Waals surface area contributed by atoms with Gasteiger partial charge < -0.3 is 10.1 Å². The Bertz CT molecular complexity index is 1050. The fourth-order valence-corrected chi connectivity index (χ4v) is 4.44. The van der Waals surface area contributed by atoms with Gasteiger partial charge in [-0.15, -0.1) is 5.10 Å². The number of aromatic nitrogens is 3. The maximum Gasteiger partial charge on any atom is 0.219 e. The molecule has 0 aliphatic heterocycles. The van der Waals surface area contributed by atoms with E-state index in [4.69, 9.17) is 4.74 Å². The molecular weight excluding hydrogens is 400 g/mol. The van der Waals surface area contributed by atoms with Gasteiger partial charge in [0.2, 0.25) is 5.91 Å². The van der Waals surface area contributed by atoms with E-state index in [-0.39, 0.29) is 18.0 Å². The molecule has 0 bridgehead atoms. The summed E-state index contributed by atoms with van der Waals surface area (Å²) < 4.78 is 7.87. The largest absolute Gasteiger partial charge is 0.493 e. The molecule has 1 aromatic heterocycles. The molecule has 6 nitrogen and oxygen atoms in total. The normalized spacial score (nSPS) is 20.3. The lowest BCUT2D eigenvalue weighted by atomic mass is 10.0. The first-order valence-corrected chi connectivity index (χ1v) is 11.7. The monoisotopic (exact) mass is 430 g/mol. The number of rotatable bonds is 8. The lowest BCUT2D eigenvalue weighted by Crippen LogP contribution is -2.32. The Morgan fingerprint density at radius 3 is 2.38 bits per heavy atom. The van der Waals surface area contributed by atoms with Crippen LogP contribution in [0, 0.1) is 5.92 Å². The Morgan fingerprint density at radius 2 is 1.69 bits per heavy atom. The van der Waals surface area contributed by atoms with Crippen LogP contribution in [0.3, 0.4) is 0 Å². The topological polar surface area (TPSA) is 69.0 Å². The van der Waals surface area contributed by atoms with Gasteiger partial charge in [0, 0.05) is 18.0 Å². The van der Waals surface area contributed by atoms with Crippen LogP contribution in [-0.2, 0) is 4.79 Å². The summed E-state index contributed by atoms with van der Waals surface area (Å²) in [6.07, 6.45) is 7.84. The lowest BCUT2D eigenvalue weighted by molar-refractivity contribution is -0.121. The summed E-state index contributed by atoms with van der Waals surface area (Å²) in [7, 11) is 0. The molecule has 0 spiro atoms. The predicted octanol–water partition coefficient (Wildman–Crippen LogP) is 5.02. The van der Waals surface area contributed by atoms with Crippen LogP contribution in [0.1, 0.15) is 51.5 Å². The summed E-state index contributed by atoms with van der Waals surface area (Å²) in [5.41, 5.74) is 4.47. The highest BCUT2D eigenvalue weighted by molar-refractivity contribution is 5.75. The number of hydrogen-bond donors (Lipinski definition) is 1. The third-order valence-corrected chi connectivity index (χ3v) is 6.56. The molecule has 0 saturated heterocycles. The van der Waals surface area contributed by atoms with Crippen molar-refractivity contribution in [2.24, 2.45) is 5.92 Å². The first-order valence-electron chi connectivity index (χ1n) is 11.7. The van der Waals surface area contributed by atoms with Crippen LogP contribution in [0.5, 0.6) is 5.75 Å². The Balaban J connectivity index is 1.26. The summed E-state index contributed by atoms with van der Waals surface area (Å²) in [5, 5.41) is 11.7. The number of amides is 1. The van der Waals surface area contributed by atoms with Crippen LogP contribution in [0.2, 0.25) is 0 Å². The summed E-state index contributed by atoms with van der Waals surface area (Å²) >= 11 is 0. The van der Waals surface area contributed by atoms with E-state index in [1.165, 1.54) is 24.0 Å². The molecule has 2 atom stereocenters. The molecule has 5 rings (SSSR count). The highest BCUT2D eigenvalue weighted by atomic mass is 16.5. The third-order valence-electron chi connectivity index (χ3n) is 6.56. The number of carbonyl (C=O) groups excluding carboxylic acids is 1. The van der Waals surface area contributed by atoms with Crippen molar-refractivity contribution in [2.45, 2.75) is 57.5 Å². The minimum absolute atomic E-state index is 0.118. The highest BCUT2D eigenvalue weighted by Gasteiger charge is 2.29. The van der Waals surface area contributed by atoms with Crippen molar-refractivity contribution in [1.82, 2.24) is 20.3 Å². The van der Waals surface area contributed by atoms with Crippen molar-refractivity contribution < 1.29 is 9.53 Å². The molecule has 1 amide bonds. The van der Waals surface area contributed by atoms with Gasteiger partial charge in [0.05, 0.1) is 24.5 Å². The molecule has 1 N–H and O–H groups in total. The van der Waals surface area contributed by atoms with Crippen LogP contribution in [-0.4, -0.2) is 33.5 Å². The minimum Gasteiger partial charge on any atom is -0.493 e. The molecule has 2 saturated carbocycles. The number of ether oxygens (including phenoxy) is 1. The van der Waals surface area contributed by atoms with E-state index >= 15 is 0 Å². The molecule has 2 aromatic carbocycles. The van der Waals surface area contributed by atoms with Gasteiger partial charge in [0.1, 0.15) is 5.75 Å². The molecular formula is C26H30N4O2. The number of nitrogens with zero attached hydrogens (tertiary/aromatic N) is 3. The van der Waals surface area contributed by atoms with Crippen molar-refractivity contribution in [1.29, 1.82) is 0 Å². The zero-order chi connectivity index (χ0) is 21.9. The van der Waals surface area contributed by atoms with Gasteiger partial charge in [-0.3, -0.25) is 4.79 Å². The van der Waals surface area contributed by atoms with Crippen molar-refractivity contribution >= 4 is 5.91 Å². The van der Waals surface area contributed by atoms with Crippen LogP contribution < -0.4 is 10.1 Å². The minimum atomic E-state index is 0.118. The standard InChI is InChI=1S/C26H30N4O2/c1-2-26(31)28-22-11-12-23(15-22)30-25(16-27-29-30)21-7-5-19(6-8-21)20-9-13-24(14-10-20)32-17-18-3-4-18/h5-10,13-14,16,18,22-23H,2-4,11-12,15,17H2,1H3,(H,28,31). The second-order valence-corrected chi connectivity index (χ2v) is 9.00. The Labute approximate surface area is 189 Å². The van der Waals surface area contributed by atoms with E-state index < -0.39 is 0 Å². The number of nitrogens with one attached hydrogen (secondary N) is 1. The molecule has 2 fully saturated rings. The van der Waals surface area contributed by atoms with Gasteiger partial charge in [-0.2, -0.15) is 0 Å². The summed E-state index contributed by atoms with van der Waals surface area (Å²) in [6, 6.07) is 17.4.